The summed E-state index contributed by atoms with van der Waals surface area (Å²) in [6.07, 6.45) is 0. The number of hydrogen-bond acceptors (Lipinski definition) is 1. The number of rotatable bonds is 1. The maximum absolute atomic E-state index is 11.5. The van der Waals surface area contributed by atoms with Crippen LogP contribution in [0, 0.1) is 0 Å². The Morgan fingerprint density at radius 3 is 2.43 bits per heavy atom. The van der Waals surface area contributed by atoms with E-state index >= 15 is 0 Å². The first kappa shape index (κ1) is 6.14. The summed E-state index contributed by atoms with van der Waals surface area (Å²) in [5, 5.41) is 2.05. The van der Waals surface area contributed by atoms with Crippen molar-refractivity contribution in [1.29, 1.82) is 0 Å². The average molecular weight is 105 g/mol. The molecule has 0 rings (SSSR count). The molecule has 0 aromatic rings. The lowest BCUT2D eigenvalue weighted by molar-refractivity contribution is -0.118. The Bertz CT molecular complexity index is 104. The smallest absolute Gasteiger partial charge is 0.279 e. The average Bonchev–Trinajstić information content (AvgIpc) is 1.65. The van der Waals surface area contributed by atoms with Gasteiger partial charge in [0.05, 0.1) is 0 Å². The molecular weight excluding hydrogens is 97.0 g/mol. The van der Waals surface area contributed by atoms with Crippen LogP contribution in [0.4, 0.5) is 4.39 Å². The number of nitrogens with one attached hydrogen (secondary N) is 1. The zero-order valence-electron chi connectivity index (χ0n) is 3.99. The van der Waals surface area contributed by atoms with Gasteiger partial charge in [-0.3, -0.25) is 4.79 Å². The zero-order valence-corrected chi connectivity index (χ0v) is 3.99. The number of carbonyl (C=O) groups is 1. The number of carbonyl (C=O) groups excluding carboxylic acids is 1. The van der Waals surface area contributed by atoms with Crippen molar-refractivity contribution in [1.82, 2.24) is 5.32 Å². The topological polar surface area (TPSA) is 29.1 Å². The van der Waals surface area contributed by atoms with Crippen molar-refractivity contribution in [2.75, 3.05) is 7.05 Å². The van der Waals surface area contributed by atoms with Crippen molar-refractivity contribution < 1.29 is 10.6 Å². The van der Waals surface area contributed by atoms with Crippen molar-refractivity contribution >= 4 is 5.91 Å². The Morgan fingerprint density at radius 2 is 2.43 bits per heavy atom. The van der Waals surface area contributed by atoms with Crippen LogP contribution >= 0.6 is 0 Å². The molecule has 1 amide bonds. The summed E-state index contributed by atoms with van der Waals surface area (Å²) >= 11 is 0. The van der Waals surface area contributed by atoms with E-state index in [-0.39, 0.29) is 1.43 Å². The fraction of sp³-hybridized carbons (Fsp3) is 0.250. The lowest BCUT2D eigenvalue weighted by atomic mass is 10.6. The summed E-state index contributed by atoms with van der Waals surface area (Å²) < 4.78 is 11.5. The van der Waals surface area contributed by atoms with Crippen LogP contribution < -0.4 is 5.32 Å². The maximum Gasteiger partial charge on any atom is 0.279 e. The molecule has 0 unspecified atom stereocenters. The van der Waals surface area contributed by atoms with E-state index in [0.29, 0.717) is 0 Å². The molecule has 0 bridgehead atoms. The molecule has 0 spiro atoms. The van der Waals surface area contributed by atoms with Crippen molar-refractivity contribution in [3.05, 3.63) is 12.4 Å². The summed E-state index contributed by atoms with van der Waals surface area (Å²) in [5.41, 5.74) is 0. The van der Waals surface area contributed by atoms with Crippen LogP contribution in [0.1, 0.15) is 1.43 Å². The van der Waals surface area contributed by atoms with E-state index < -0.39 is 11.7 Å². The molecule has 42 valence electrons. The lowest BCUT2D eigenvalue weighted by Gasteiger charge is -1.88. The third-order valence-electron chi connectivity index (χ3n) is 0.473. The van der Waals surface area contributed by atoms with Gasteiger partial charge in [-0.25, -0.2) is 4.39 Å². The molecule has 0 atom stereocenters. The minimum atomic E-state index is -0.956. The van der Waals surface area contributed by atoms with E-state index in [4.69, 9.17) is 0 Å². The SMILES string of the molecule is C=C(F)C(=O)NC.[HH]. The van der Waals surface area contributed by atoms with E-state index in [9.17, 15) is 9.18 Å². The molecule has 0 aliphatic rings. The van der Waals surface area contributed by atoms with E-state index in [1.807, 2.05) is 0 Å². The predicted octanol–water partition coefficient (Wildman–Crippen LogP) is 0.462. The zero-order chi connectivity index (χ0) is 5.86. The number of halogens is 1. The molecule has 2 nitrogen and oxygen atoms in total. The van der Waals surface area contributed by atoms with E-state index in [1.54, 1.807) is 0 Å². The quantitative estimate of drug-likeness (QED) is 0.482. The van der Waals surface area contributed by atoms with Gasteiger partial charge in [-0.15, -0.1) is 0 Å². The Kier molecular flexibility index (Phi) is 2.05. The second kappa shape index (κ2) is 2.34. The van der Waals surface area contributed by atoms with Crippen molar-refractivity contribution in [3.8, 4) is 0 Å². The van der Waals surface area contributed by atoms with Gasteiger partial charge in [0.1, 0.15) is 0 Å². The van der Waals surface area contributed by atoms with Gasteiger partial charge in [0, 0.05) is 8.47 Å². The third-order valence-corrected chi connectivity index (χ3v) is 0.473. The first-order valence-corrected chi connectivity index (χ1v) is 1.75. The Balaban J connectivity index is 0. The highest BCUT2D eigenvalue weighted by atomic mass is 19.1. The molecule has 0 aromatic heterocycles. The number of amides is 1. The molecular formula is C4H8FNO. The highest BCUT2D eigenvalue weighted by Gasteiger charge is 1.98. The van der Waals surface area contributed by atoms with Gasteiger partial charge in [-0.2, -0.15) is 0 Å². The van der Waals surface area contributed by atoms with Crippen LogP contribution in [0.5, 0.6) is 0 Å². The van der Waals surface area contributed by atoms with E-state index in [0.717, 1.165) is 0 Å². The number of likely N-dealkylation sites (N-methyl/N-ethyl adjacent to an activating group) is 1. The van der Waals surface area contributed by atoms with Crippen LogP contribution in [0.25, 0.3) is 0 Å². The maximum atomic E-state index is 11.5. The summed E-state index contributed by atoms with van der Waals surface area (Å²) in [6.45, 7) is 2.75. The molecule has 0 aliphatic carbocycles. The minimum Gasteiger partial charge on any atom is -0.353 e. The largest absolute Gasteiger partial charge is 0.353 e. The third kappa shape index (κ3) is 1.92. The standard InChI is InChI=1S/C4H6FNO.H2/c1-3(5)4(7)6-2;/h1H2,2H3,(H,6,7);1H. The molecule has 0 fully saturated rings. The highest BCUT2D eigenvalue weighted by molar-refractivity contribution is 5.90. The second-order valence-electron chi connectivity index (χ2n) is 0.984. The molecule has 0 heterocycles. The molecule has 0 radical (unpaired) electrons. The van der Waals surface area contributed by atoms with Gasteiger partial charge < -0.3 is 5.32 Å². The van der Waals surface area contributed by atoms with Crippen LogP contribution in [-0.2, 0) is 4.79 Å². The van der Waals surface area contributed by atoms with Gasteiger partial charge >= 0.3 is 0 Å². The van der Waals surface area contributed by atoms with Gasteiger partial charge in [-0.1, -0.05) is 6.58 Å². The minimum absolute atomic E-state index is 0. The number of hydrogen-bond donors (Lipinski definition) is 1. The van der Waals surface area contributed by atoms with Crippen LogP contribution in [-0.4, -0.2) is 13.0 Å². The summed E-state index contributed by atoms with van der Waals surface area (Å²) in [7, 11) is 1.34. The van der Waals surface area contributed by atoms with Crippen LogP contribution in [0.15, 0.2) is 12.4 Å². The van der Waals surface area contributed by atoms with Crippen molar-refractivity contribution in [2.45, 2.75) is 0 Å². The Hall–Kier alpha value is -0.860. The molecule has 0 aliphatic heterocycles. The molecule has 3 heteroatoms. The molecule has 0 saturated heterocycles. The van der Waals surface area contributed by atoms with Crippen LogP contribution in [0.3, 0.4) is 0 Å². The van der Waals surface area contributed by atoms with Gasteiger partial charge in [0.25, 0.3) is 5.91 Å². The van der Waals surface area contributed by atoms with E-state index in [2.05, 4.69) is 11.9 Å². The Morgan fingerprint density at radius 1 is 2.00 bits per heavy atom. The fourth-order valence-electron chi connectivity index (χ4n) is 0.136. The van der Waals surface area contributed by atoms with Gasteiger partial charge in [0.15, 0.2) is 5.83 Å². The molecule has 7 heavy (non-hydrogen) atoms. The molecule has 1 N–H and O–H groups in total. The summed E-state index contributed by atoms with van der Waals surface area (Å²) in [5.74, 6) is -1.72. The normalized spacial score (nSPS) is 7.71. The predicted molar refractivity (Wildman–Crippen MR) is 26.4 cm³/mol. The van der Waals surface area contributed by atoms with Gasteiger partial charge in [0.2, 0.25) is 0 Å². The summed E-state index contributed by atoms with van der Waals surface area (Å²) in [6, 6.07) is 0. The van der Waals surface area contributed by atoms with Crippen molar-refractivity contribution in [3.63, 3.8) is 0 Å². The van der Waals surface area contributed by atoms with Crippen molar-refractivity contribution in [2.24, 2.45) is 0 Å². The molecule has 0 saturated carbocycles. The monoisotopic (exact) mass is 105 g/mol. The molecule has 0 aromatic carbocycles. The summed E-state index contributed by atoms with van der Waals surface area (Å²) in [4.78, 5) is 9.93. The first-order chi connectivity index (χ1) is 3.18. The van der Waals surface area contributed by atoms with Gasteiger partial charge in [-0.05, 0) is 0 Å². The highest BCUT2D eigenvalue weighted by Crippen LogP contribution is 1.86. The van der Waals surface area contributed by atoms with Crippen LogP contribution in [0.2, 0.25) is 0 Å². The Labute approximate surface area is 42.5 Å². The fourth-order valence-corrected chi connectivity index (χ4v) is 0.136. The van der Waals surface area contributed by atoms with E-state index in [1.165, 1.54) is 7.05 Å². The lowest BCUT2D eigenvalue weighted by Crippen LogP contribution is -2.16. The first-order valence-electron chi connectivity index (χ1n) is 1.75. The second-order valence-corrected chi connectivity index (χ2v) is 0.984.